The van der Waals surface area contributed by atoms with Crippen molar-refractivity contribution in [2.24, 2.45) is 5.41 Å². The zero-order chi connectivity index (χ0) is 26.0. The highest BCUT2D eigenvalue weighted by atomic mass is 16.2. The molecule has 2 aliphatic heterocycles. The van der Waals surface area contributed by atoms with E-state index < -0.39 is 0 Å². The topological polar surface area (TPSA) is 70.5 Å². The molecule has 1 aliphatic carbocycles. The van der Waals surface area contributed by atoms with Gasteiger partial charge in [0.05, 0.1) is 11.7 Å². The predicted molar refractivity (Wildman–Crippen MR) is 149 cm³/mol. The van der Waals surface area contributed by atoms with Gasteiger partial charge in [0.25, 0.3) is 5.56 Å². The lowest BCUT2D eigenvalue weighted by Crippen LogP contribution is -2.56. The molecule has 0 radical (unpaired) electrons. The van der Waals surface area contributed by atoms with Gasteiger partial charge in [-0.15, -0.1) is 0 Å². The lowest BCUT2D eigenvalue weighted by molar-refractivity contribution is 0.0944. The number of amides is 2. The maximum absolute atomic E-state index is 13.9. The molecular weight excluding hydrogens is 474 g/mol. The Balaban J connectivity index is 1.24. The van der Waals surface area contributed by atoms with Gasteiger partial charge >= 0.3 is 6.03 Å². The van der Waals surface area contributed by atoms with E-state index in [1.54, 1.807) is 17.0 Å². The van der Waals surface area contributed by atoms with E-state index in [4.69, 9.17) is 0 Å². The van der Waals surface area contributed by atoms with E-state index in [-0.39, 0.29) is 23.0 Å². The van der Waals surface area contributed by atoms with E-state index in [0.29, 0.717) is 25.3 Å². The predicted octanol–water partition coefficient (Wildman–Crippen LogP) is 4.78. The zero-order valence-electron chi connectivity index (χ0n) is 21.8. The van der Waals surface area contributed by atoms with Crippen molar-refractivity contribution >= 4 is 12.2 Å². The third-order valence-electron chi connectivity index (χ3n) is 8.53. The van der Waals surface area contributed by atoms with Crippen LogP contribution >= 0.6 is 0 Å². The van der Waals surface area contributed by atoms with Crippen LogP contribution in [0.1, 0.15) is 43.7 Å². The van der Waals surface area contributed by atoms with Gasteiger partial charge in [-0.05, 0) is 30.4 Å². The van der Waals surface area contributed by atoms with E-state index in [1.165, 1.54) is 11.1 Å². The quantitative estimate of drug-likeness (QED) is 0.552. The minimum absolute atomic E-state index is 0.0432. The Kier molecular flexibility index (Phi) is 6.85. The SMILES string of the molecule is O=C(N1CCC(=Cn2cnc(-c3ccccc3)cc2=O)C2(CCCC2)C1)N1CCNCC1c1ccccc1. The molecule has 1 saturated carbocycles. The van der Waals surface area contributed by atoms with Crippen molar-refractivity contribution in [3.63, 3.8) is 0 Å². The number of nitrogens with zero attached hydrogens (tertiary/aromatic N) is 4. The first-order chi connectivity index (χ1) is 18.6. The number of benzene rings is 2. The Labute approximate surface area is 223 Å². The number of hydrogen-bond donors (Lipinski definition) is 1. The number of hydrogen-bond acceptors (Lipinski definition) is 4. The zero-order valence-corrected chi connectivity index (χ0v) is 21.8. The average Bonchev–Trinajstić information content (AvgIpc) is 3.44. The number of aromatic nitrogens is 2. The Hall–Kier alpha value is -3.71. The molecule has 3 aromatic rings. The summed E-state index contributed by atoms with van der Waals surface area (Å²) in [5.41, 5.74) is 3.92. The van der Waals surface area contributed by atoms with Crippen molar-refractivity contribution in [3.8, 4) is 11.3 Å². The van der Waals surface area contributed by atoms with Gasteiger partial charge in [-0.25, -0.2) is 9.78 Å². The minimum atomic E-state index is -0.0791. The number of carbonyl (C=O) groups is 1. The molecule has 38 heavy (non-hydrogen) atoms. The number of piperidine rings is 1. The highest BCUT2D eigenvalue weighted by Gasteiger charge is 2.44. The van der Waals surface area contributed by atoms with Gasteiger partial charge in [-0.2, -0.15) is 0 Å². The summed E-state index contributed by atoms with van der Waals surface area (Å²) in [5, 5.41) is 3.46. The van der Waals surface area contributed by atoms with Gasteiger partial charge in [-0.1, -0.05) is 73.5 Å². The lowest BCUT2D eigenvalue weighted by atomic mass is 9.74. The van der Waals surface area contributed by atoms with Crippen molar-refractivity contribution in [3.05, 3.63) is 94.5 Å². The number of piperazine rings is 1. The van der Waals surface area contributed by atoms with Gasteiger partial charge in [-0.3, -0.25) is 9.36 Å². The van der Waals surface area contributed by atoms with E-state index in [9.17, 15) is 9.59 Å². The molecule has 1 unspecified atom stereocenters. The summed E-state index contributed by atoms with van der Waals surface area (Å²) >= 11 is 0. The van der Waals surface area contributed by atoms with Crippen LogP contribution in [0.4, 0.5) is 4.79 Å². The van der Waals surface area contributed by atoms with E-state index in [1.807, 2.05) is 54.7 Å². The molecule has 3 heterocycles. The minimum Gasteiger partial charge on any atom is -0.323 e. The third-order valence-corrected chi connectivity index (χ3v) is 8.53. The number of nitrogens with one attached hydrogen (secondary N) is 1. The Morgan fingerprint density at radius 1 is 1.00 bits per heavy atom. The molecular formula is C31H35N5O2. The van der Waals surface area contributed by atoms with Gasteiger partial charge in [0.15, 0.2) is 0 Å². The molecule has 2 amide bonds. The fourth-order valence-electron chi connectivity index (χ4n) is 6.49. The van der Waals surface area contributed by atoms with Crippen LogP contribution < -0.4 is 10.9 Å². The smallest absolute Gasteiger partial charge is 0.320 e. The summed E-state index contributed by atoms with van der Waals surface area (Å²) < 4.78 is 1.63. The first-order valence-corrected chi connectivity index (χ1v) is 13.8. The monoisotopic (exact) mass is 509 g/mol. The van der Waals surface area contributed by atoms with Crippen molar-refractivity contribution in [1.82, 2.24) is 24.7 Å². The average molecular weight is 510 g/mol. The van der Waals surface area contributed by atoms with Crippen LogP contribution in [0.3, 0.4) is 0 Å². The number of rotatable bonds is 3. The van der Waals surface area contributed by atoms with E-state index >= 15 is 0 Å². The number of likely N-dealkylation sites (tertiary alicyclic amines) is 1. The summed E-state index contributed by atoms with van der Waals surface area (Å²) in [6, 6.07) is 21.9. The van der Waals surface area contributed by atoms with E-state index in [0.717, 1.165) is 50.8 Å². The van der Waals surface area contributed by atoms with Crippen LogP contribution in [-0.4, -0.2) is 58.1 Å². The van der Waals surface area contributed by atoms with Crippen LogP contribution in [0.15, 0.2) is 83.4 Å². The van der Waals surface area contributed by atoms with Crippen molar-refractivity contribution < 1.29 is 4.79 Å². The molecule has 6 rings (SSSR count). The summed E-state index contributed by atoms with van der Waals surface area (Å²) in [4.78, 5) is 35.7. The molecule has 7 nitrogen and oxygen atoms in total. The largest absolute Gasteiger partial charge is 0.323 e. The van der Waals surface area contributed by atoms with Gasteiger partial charge < -0.3 is 15.1 Å². The molecule has 3 aliphatic rings. The molecule has 1 spiro atoms. The van der Waals surface area contributed by atoms with Crippen LogP contribution in [-0.2, 0) is 0 Å². The molecule has 196 valence electrons. The first-order valence-electron chi connectivity index (χ1n) is 13.8. The van der Waals surface area contributed by atoms with Crippen molar-refractivity contribution in [1.29, 1.82) is 0 Å². The first kappa shape index (κ1) is 24.6. The van der Waals surface area contributed by atoms with E-state index in [2.05, 4.69) is 32.2 Å². The number of urea groups is 1. The Morgan fingerprint density at radius 3 is 2.47 bits per heavy atom. The van der Waals surface area contributed by atoms with Gasteiger partial charge in [0.1, 0.15) is 6.33 Å². The summed E-state index contributed by atoms with van der Waals surface area (Å²) in [5.74, 6) is 0. The third kappa shape index (κ3) is 4.78. The Morgan fingerprint density at radius 2 is 1.74 bits per heavy atom. The highest BCUT2D eigenvalue weighted by molar-refractivity contribution is 5.76. The summed E-state index contributed by atoms with van der Waals surface area (Å²) in [6.07, 6.45) is 8.84. The molecule has 2 saturated heterocycles. The fourth-order valence-corrected chi connectivity index (χ4v) is 6.49. The number of carbonyl (C=O) groups excluding carboxylic acids is 1. The molecule has 1 aromatic heterocycles. The van der Waals surface area contributed by atoms with Crippen LogP contribution in [0.5, 0.6) is 0 Å². The highest BCUT2D eigenvalue weighted by Crippen LogP contribution is 2.48. The van der Waals surface area contributed by atoms with Crippen LogP contribution in [0.25, 0.3) is 17.5 Å². The fraction of sp³-hybridized carbons (Fsp3) is 0.387. The van der Waals surface area contributed by atoms with Crippen molar-refractivity contribution in [2.75, 3.05) is 32.7 Å². The Bertz CT molecular complexity index is 1360. The molecule has 1 N–H and O–H groups in total. The van der Waals surface area contributed by atoms with Gasteiger partial charge in [0.2, 0.25) is 0 Å². The molecule has 0 bridgehead atoms. The normalized spacial score (nSPS) is 22.2. The lowest BCUT2D eigenvalue weighted by Gasteiger charge is -2.46. The second-order valence-corrected chi connectivity index (χ2v) is 10.8. The second-order valence-electron chi connectivity index (χ2n) is 10.8. The molecule has 7 heteroatoms. The van der Waals surface area contributed by atoms with Crippen LogP contribution in [0.2, 0.25) is 0 Å². The molecule has 1 atom stereocenters. The second kappa shape index (κ2) is 10.6. The molecule has 3 fully saturated rings. The standard InChI is InChI=1S/C31H35N5O2/c37-29-19-27(24-9-3-1-4-10-24)33-23-35(29)21-26-13-17-34(22-31(26)14-7-8-15-31)30(38)36-18-16-32-20-28(36)25-11-5-2-6-12-25/h1-6,9-12,19,21,23,28,32H,7-8,13-18,20,22H2. The van der Waals surface area contributed by atoms with Crippen LogP contribution in [0, 0.1) is 5.41 Å². The maximum atomic E-state index is 13.9. The summed E-state index contributed by atoms with van der Waals surface area (Å²) in [7, 11) is 0. The summed E-state index contributed by atoms with van der Waals surface area (Å²) in [6.45, 7) is 3.68. The van der Waals surface area contributed by atoms with Crippen molar-refractivity contribution in [2.45, 2.75) is 38.1 Å². The molecule has 2 aromatic carbocycles. The maximum Gasteiger partial charge on any atom is 0.320 e. The van der Waals surface area contributed by atoms with Gasteiger partial charge in [0, 0.05) is 56.0 Å².